The quantitative estimate of drug-likeness (QED) is 0.739. The average Bonchev–Trinajstić information content (AvgIpc) is 2.39. The van der Waals surface area contributed by atoms with E-state index >= 15 is 0 Å². The number of likely N-dealkylation sites (tertiary alicyclic amines) is 1. The van der Waals surface area contributed by atoms with Crippen molar-refractivity contribution >= 4 is 0 Å². The number of nitrogens with one attached hydrogen (secondary N) is 1. The van der Waals surface area contributed by atoms with Gasteiger partial charge in [-0.25, -0.2) is 0 Å². The van der Waals surface area contributed by atoms with Gasteiger partial charge in [0.25, 0.3) is 0 Å². The second-order valence-corrected chi connectivity index (χ2v) is 5.64. The third kappa shape index (κ3) is 1.82. The summed E-state index contributed by atoms with van der Waals surface area (Å²) in [5.74, 6) is 1.94. The van der Waals surface area contributed by atoms with Crippen molar-refractivity contribution in [3.05, 3.63) is 0 Å². The molecule has 0 aromatic heterocycles. The van der Waals surface area contributed by atoms with Gasteiger partial charge in [0, 0.05) is 31.2 Å². The lowest BCUT2D eigenvalue weighted by Gasteiger charge is -2.41. The summed E-state index contributed by atoms with van der Waals surface area (Å²) in [4.78, 5) is 2.64. The molecule has 2 rings (SSSR count). The zero-order valence-electron chi connectivity index (χ0n) is 9.96. The van der Waals surface area contributed by atoms with Crippen LogP contribution in [0.5, 0.6) is 0 Å². The average molecular weight is 196 g/mol. The standard InChI is InChI=1S/C12H24N2/c1-8(2)13-12-5-10-6-14(9(3)4)7-11(10)12/h8-13H,5-7H2,1-4H3. The van der Waals surface area contributed by atoms with Crippen molar-refractivity contribution in [1.82, 2.24) is 10.2 Å². The molecule has 0 amide bonds. The summed E-state index contributed by atoms with van der Waals surface area (Å²) < 4.78 is 0. The van der Waals surface area contributed by atoms with Crippen LogP contribution in [0.3, 0.4) is 0 Å². The molecule has 1 aliphatic heterocycles. The van der Waals surface area contributed by atoms with E-state index in [9.17, 15) is 0 Å². The lowest BCUT2D eigenvalue weighted by Crippen LogP contribution is -2.52. The lowest BCUT2D eigenvalue weighted by atomic mass is 9.71. The predicted molar refractivity (Wildman–Crippen MR) is 60.4 cm³/mol. The van der Waals surface area contributed by atoms with E-state index < -0.39 is 0 Å². The molecule has 2 fully saturated rings. The Bertz CT molecular complexity index is 200. The molecular weight excluding hydrogens is 172 g/mol. The molecule has 14 heavy (non-hydrogen) atoms. The Labute approximate surface area is 88.1 Å². The first kappa shape index (κ1) is 10.4. The molecule has 2 aliphatic rings. The highest BCUT2D eigenvalue weighted by molar-refractivity contribution is 5.02. The second-order valence-electron chi connectivity index (χ2n) is 5.64. The minimum atomic E-state index is 0.647. The van der Waals surface area contributed by atoms with Gasteiger partial charge in [-0.15, -0.1) is 0 Å². The maximum Gasteiger partial charge on any atom is 0.0116 e. The van der Waals surface area contributed by atoms with E-state index in [1.54, 1.807) is 0 Å². The molecule has 3 unspecified atom stereocenters. The van der Waals surface area contributed by atoms with Crippen LogP contribution in [0, 0.1) is 11.8 Å². The normalized spacial score (nSPS) is 37.7. The Balaban J connectivity index is 1.84. The second kappa shape index (κ2) is 3.82. The van der Waals surface area contributed by atoms with E-state index in [1.807, 2.05) is 0 Å². The molecule has 1 saturated heterocycles. The van der Waals surface area contributed by atoms with E-state index in [0.29, 0.717) is 6.04 Å². The van der Waals surface area contributed by atoms with Crippen LogP contribution in [-0.4, -0.2) is 36.1 Å². The predicted octanol–water partition coefficient (Wildman–Crippen LogP) is 1.71. The van der Waals surface area contributed by atoms with Crippen LogP contribution in [0.4, 0.5) is 0 Å². The Kier molecular flexibility index (Phi) is 2.85. The summed E-state index contributed by atoms with van der Waals surface area (Å²) in [7, 11) is 0. The molecular formula is C12H24N2. The first-order valence-corrected chi connectivity index (χ1v) is 6.08. The van der Waals surface area contributed by atoms with E-state index in [0.717, 1.165) is 23.9 Å². The largest absolute Gasteiger partial charge is 0.311 e. The van der Waals surface area contributed by atoms with Crippen molar-refractivity contribution in [3.8, 4) is 0 Å². The third-order valence-corrected chi connectivity index (χ3v) is 3.87. The maximum atomic E-state index is 3.68. The van der Waals surface area contributed by atoms with Crippen molar-refractivity contribution in [1.29, 1.82) is 0 Å². The SMILES string of the molecule is CC(C)NC1CC2CN(C(C)C)CC21. The van der Waals surface area contributed by atoms with Gasteiger partial charge >= 0.3 is 0 Å². The summed E-state index contributed by atoms with van der Waals surface area (Å²) in [6.07, 6.45) is 1.41. The van der Waals surface area contributed by atoms with Gasteiger partial charge in [-0.1, -0.05) is 13.8 Å². The first-order valence-electron chi connectivity index (χ1n) is 6.08. The minimum absolute atomic E-state index is 0.647. The smallest absolute Gasteiger partial charge is 0.0116 e. The van der Waals surface area contributed by atoms with Gasteiger partial charge in [-0.3, -0.25) is 0 Å². The fourth-order valence-electron chi connectivity index (χ4n) is 2.98. The van der Waals surface area contributed by atoms with E-state index in [-0.39, 0.29) is 0 Å². The Hall–Kier alpha value is -0.0800. The molecule has 0 spiro atoms. The number of nitrogens with zero attached hydrogens (tertiary/aromatic N) is 1. The highest BCUT2D eigenvalue weighted by Gasteiger charge is 2.47. The van der Waals surface area contributed by atoms with Crippen molar-refractivity contribution in [2.75, 3.05) is 13.1 Å². The molecule has 1 saturated carbocycles. The number of hydrogen-bond acceptors (Lipinski definition) is 2. The fourth-order valence-corrected chi connectivity index (χ4v) is 2.98. The zero-order valence-corrected chi connectivity index (χ0v) is 9.96. The molecule has 1 N–H and O–H groups in total. The maximum absolute atomic E-state index is 3.68. The molecule has 1 aliphatic carbocycles. The monoisotopic (exact) mass is 196 g/mol. The molecule has 2 heteroatoms. The molecule has 3 atom stereocenters. The van der Waals surface area contributed by atoms with Crippen LogP contribution in [0.2, 0.25) is 0 Å². The van der Waals surface area contributed by atoms with E-state index in [4.69, 9.17) is 0 Å². The Morgan fingerprint density at radius 1 is 1.14 bits per heavy atom. The summed E-state index contributed by atoms with van der Waals surface area (Å²) in [6, 6.07) is 2.19. The minimum Gasteiger partial charge on any atom is -0.311 e. The molecule has 0 aromatic rings. The Morgan fingerprint density at radius 3 is 2.43 bits per heavy atom. The molecule has 82 valence electrons. The molecule has 0 aromatic carbocycles. The van der Waals surface area contributed by atoms with Crippen LogP contribution in [-0.2, 0) is 0 Å². The molecule has 0 bridgehead atoms. The van der Waals surface area contributed by atoms with Crippen molar-refractivity contribution < 1.29 is 0 Å². The van der Waals surface area contributed by atoms with Gasteiger partial charge in [-0.05, 0) is 32.1 Å². The summed E-state index contributed by atoms with van der Waals surface area (Å²) >= 11 is 0. The summed E-state index contributed by atoms with van der Waals surface area (Å²) in [5.41, 5.74) is 0. The van der Waals surface area contributed by atoms with E-state index in [2.05, 4.69) is 37.9 Å². The van der Waals surface area contributed by atoms with E-state index in [1.165, 1.54) is 19.5 Å². The van der Waals surface area contributed by atoms with Crippen LogP contribution < -0.4 is 5.32 Å². The zero-order chi connectivity index (χ0) is 10.3. The van der Waals surface area contributed by atoms with Gasteiger partial charge in [0.05, 0.1) is 0 Å². The van der Waals surface area contributed by atoms with Gasteiger partial charge in [0.15, 0.2) is 0 Å². The van der Waals surface area contributed by atoms with Gasteiger partial charge in [0.2, 0.25) is 0 Å². The topological polar surface area (TPSA) is 15.3 Å². The van der Waals surface area contributed by atoms with Crippen LogP contribution in [0.15, 0.2) is 0 Å². The molecule has 0 radical (unpaired) electrons. The number of rotatable bonds is 3. The highest BCUT2D eigenvalue weighted by atomic mass is 15.2. The third-order valence-electron chi connectivity index (χ3n) is 3.87. The number of fused-ring (bicyclic) bond motifs is 1. The van der Waals surface area contributed by atoms with Crippen molar-refractivity contribution in [2.24, 2.45) is 11.8 Å². The van der Waals surface area contributed by atoms with Crippen molar-refractivity contribution in [2.45, 2.75) is 52.2 Å². The van der Waals surface area contributed by atoms with Crippen LogP contribution >= 0.6 is 0 Å². The summed E-state index contributed by atoms with van der Waals surface area (Å²) in [6.45, 7) is 11.8. The Morgan fingerprint density at radius 2 is 1.86 bits per heavy atom. The summed E-state index contributed by atoms with van der Waals surface area (Å²) in [5, 5.41) is 3.68. The van der Waals surface area contributed by atoms with Gasteiger partial charge < -0.3 is 10.2 Å². The molecule has 2 nitrogen and oxygen atoms in total. The number of hydrogen-bond donors (Lipinski definition) is 1. The molecule has 1 heterocycles. The van der Waals surface area contributed by atoms with Crippen LogP contribution in [0.25, 0.3) is 0 Å². The van der Waals surface area contributed by atoms with Crippen molar-refractivity contribution in [3.63, 3.8) is 0 Å². The van der Waals surface area contributed by atoms with Gasteiger partial charge in [-0.2, -0.15) is 0 Å². The van der Waals surface area contributed by atoms with Gasteiger partial charge in [0.1, 0.15) is 0 Å². The first-order chi connectivity index (χ1) is 6.58. The lowest BCUT2D eigenvalue weighted by molar-refractivity contribution is 0.147. The highest BCUT2D eigenvalue weighted by Crippen LogP contribution is 2.41. The van der Waals surface area contributed by atoms with Crippen LogP contribution in [0.1, 0.15) is 34.1 Å². The fraction of sp³-hybridized carbons (Fsp3) is 1.00.